The van der Waals surface area contributed by atoms with Gasteiger partial charge in [-0.2, -0.15) is 0 Å². The summed E-state index contributed by atoms with van der Waals surface area (Å²) in [5.74, 6) is -0.122. The first-order chi connectivity index (χ1) is 11.7. The van der Waals surface area contributed by atoms with E-state index in [4.69, 9.17) is 11.6 Å². The SMILES string of the molecule is O=C(/C=C/c1ccc(Cl)cc1)C1c2ccccc2-c2ccccc21. The quantitative estimate of drug-likeness (QED) is 0.560. The van der Waals surface area contributed by atoms with Crippen LogP contribution in [0.1, 0.15) is 22.6 Å². The van der Waals surface area contributed by atoms with Crippen molar-refractivity contribution in [2.45, 2.75) is 5.92 Å². The van der Waals surface area contributed by atoms with Gasteiger partial charge in [0, 0.05) is 5.02 Å². The molecule has 0 fully saturated rings. The predicted octanol–water partition coefficient (Wildman–Crippen LogP) is 5.73. The number of halogens is 1. The van der Waals surface area contributed by atoms with Crippen LogP contribution >= 0.6 is 11.6 Å². The van der Waals surface area contributed by atoms with Crippen LogP contribution in [0.15, 0.2) is 78.9 Å². The summed E-state index contributed by atoms with van der Waals surface area (Å²) >= 11 is 5.90. The Labute approximate surface area is 146 Å². The summed E-state index contributed by atoms with van der Waals surface area (Å²) in [6.45, 7) is 0. The van der Waals surface area contributed by atoms with E-state index in [2.05, 4.69) is 12.1 Å². The molecule has 0 saturated heterocycles. The third kappa shape index (κ3) is 2.57. The van der Waals surface area contributed by atoms with Gasteiger partial charge in [-0.15, -0.1) is 0 Å². The monoisotopic (exact) mass is 330 g/mol. The first kappa shape index (κ1) is 14.9. The normalized spacial score (nSPS) is 13.0. The maximum Gasteiger partial charge on any atom is 0.167 e. The van der Waals surface area contributed by atoms with Gasteiger partial charge in [0.25, 0.3) is 0 Å². The molecule has 1 aliphatic carbocycles. The number of rotatable bonds is 3. The molecule has 24 heavy (non-hydrogen) atoms. The highest BCUT2D eigenvalue weighted by Gasteiger charge is 2.31. The molecular formula is C22H15ClO. The fourth-order valence-corrected chi connectivity index (χ4v) is 3.44. The predicted molar refractivity (Wildman–Crippen MR) is 99.2 cm³/mol. The number of allylic oxidation sites excluding steroid dienone is 1. The lowest BCUT2D eigenvalue weighted by Crippen LogP contribution is -2.08. The first-order valence-electron chi connectivity index (χ1n) is 7.90. The van der Waals surface area contributed by atoms with Crippen LogP contribution in [0.3, 0.4) is 0 Å². The Bertz CT molecular complexity index is 893. The second-order valence-corrected chi connectivity index (χ2v) is 6.33. The molecule has 0 aliphatic heterocycles. The van der Waals surface area contributed by atoms with E-state index in [1.807, 2.05) is 66.7 Å². The number of hydrogen-bond donors (Lipinski definition) is 0. The van der Waals surface area contributed by atoms with Gasteiger partial charge in [0.15, 0.2) is 5.78 Å². The maximum absolute atomic E-state index is 12.9. The van der Waals surface area contributed by atoms with E-state index < -0.39 is 0 Å². The topological polar surface area (TPSA) is 17.1 Å². The molecule has 0 spiro atoms. The Morgan fingerprint density at radius 1 is 0.792 bits per heavy atom. The molecule has 4 rings (SSSR count). The Morgan fingerprint density at radius 2 is 1.33 bits per heavy atom. The lowest BCUT2D eigenvalue weighted by atomic mass is 9.92. The van der Waals surface area contributed by atoms with Crippen molar-refractivity contribution in [2.75, 3.05) is 0 Å². The second kappa shape index (κ2) is 6.10. The van der Waals surface area contributed by atoms with E-state index in [0.717, 1.165) is 27.8 Å². The van der Waals surface area contributed by atoms with Gasteiger partial charge in [0.1, 0.15) is 0 Å². The van der Waals surface area contributed by atoms with Crippen LogP contribution in [0.5, 0.6) is 0 Å². The zero-order valence-corrected chi connectivity index (χ0v) is 13.7. The number of ketones is 1. The van der Waals surface area contributed by atoms with Crippen LogP contribution in [-0.4, -0.2) is 5.78 Å². The van der Waals surface area contributed by atoms with E-state index in [1.165, 1.54) is 0 Å². The van der Waals surface area contributed by atoms with E-state index >= 15 is 0 Å². The average molecular weight is 331 g/mol. The van der Waals surface area contributed by atoms with E-state index in [0.29, 0.717) is 5.02 Å². The highest BCUT2D eigenvalue weighted by Crippen LogP contribution is 2.45. The molecule has 0 atom stereocenters. The number of hydrogen-bond acceptors (Lipinski definition) is 1. The van der Waals surface area contributed by atoms with Crippen molar-refractivity contribution in [1.29, 1.82) is 0 Å². The van der Waals surface area contributed by atoms with Crippen molar-refractivity contribution >= 4 is 23.5 Å². The average Bonchev–Trinajstić information content (AvgIpc) is 2.96. The van der Waals surface area contributed by atoms with Gasteiger partial charge in [-0.1, -0.05) is 78.3 Å². The first-order valence-corrected chi connectivity index (χ1v) is 8.27. The van der Waals surface area contributed by atoms with Crippen molar-refractivity contribution in [3.63, 3.8) is 0 Å². The fourth-order valence-electron chi connectivity index (χ4n) is 3.31. The van der Waals surface area contributed by atoms with Crippen molar-refractivity contribution < 1.29 is 4.79 Å². The Morgan fingerprint density at radius 3 is 1.92 bits per heavy atom. The number of carbonyl (C=O) groups is 1. The minimum Gasteiger partial charge on any atom is -0.294 e. The molecule has 1 aliphatic rings. The van der Waals surface area contributed by atoms with Crippen LogP contribution < -0.4 is 0 Å². The lowest BCUT2D eigenvalue weighted by Gasteiger charge is -2.09. The van der Waals surface area contributed by atoms with Crippen molar-refractivity contribution in [1.82, 2.24) is 0 Å². The van der Waals surface area contributed by atoms with Crippen LogP contribution in [0.25, 0.3) is 17.2 Å². The molecule has 0 bridgehead atoms. The Kier molecular flexibility index (Phi) is 3.79. The summed E-state index contributed by atoms with van der Waals surface area (Å²) in [5, 5.41) is 0.692. The van der Waals surface area contributed by atoms with Gasteiger partial charge >= 0.3 is 0 Å². The largest absolute Gasteiger partial charge is 0.294 e. The molecule has 0 amide bonds. The van der Waals surface area contributed by atoms with E-state index in [9.17, 15) is 4.79 Å². The summed E-state index contributed by atoms with van der Waals surface area (Å²) in [6, 6.07) is 23.8. The van der Waals surface area contributed by atoms with Gasteiger partial charge in [-0.05, 0) is 46.0 Å². The van der Waals surface area contributed by atoms with E-state index in [-0.39, 0.29) is 11.7 Å². The van der Waals surface area contributed by atoms with E-state index in [1.54, 1.807) is 6.08 Å². The molecule has 3 aromatic carbocycles. The lowest BCUT2D eigenvalue weighted by molar-refractivity contribution is -0.115. The highest BCUT2D eigenvalue weighted by molar-refractivity contribution is 6.30. The second-order valence-electron chi connectivity index (χ2n) is 5.89. The molecule has 0 saturated carbocycles. The molecule has 0 N–H and O–H groups in total. The minimum atomic E-state index is -0.221. The molecule has 0 unspecified atom stereocenters. The third-order valence-corrected chi connectivity index (χ3v) is 4.68. The molecule has 2 heteroatoms. The molecule has 116 valence electrons. The third-order valence-electron chi connectivity index (χ3n) is 4.43. The van der Waals surface area contributed by atoms with Crippen LogP contribution in [0, 0.1) is 0 Å². The maximum atomic E-state index is 12.9. The Hall–Kier alpha value is -2.64. The van der Waals surface area contributed by atoms with Crippen LogP contribution in [0.2, 0.25) is 5.02 Å². The summed E-state index contributed by atoms with van der Waals surface area (Å²) in [5.41, 5.74) is 5.46. The van der Waals surface area contributed by atoms with Crippen molar-refractivity contribution in [2.24, 2.45) is 0 Å². The highest BCUT2D eigenvalue weighted by atomic mass is 35.5. The molecule has 0 aromatic heterocycles. The standard InChI is InChI=1S/C22H15ClO/c23-16-12-9-15(10-13-16)11-14-21(24)22-19-7-3-1-5-17(19)18-6-2-4-8-20(18)22/h1-14,22H/b14-11+. The zero-order chi connectivity index (χ0) is 16.5. The van der Waals surface area contributed by atoms with Gasteiger partial charge in [0.05, 0.1) is 5.92 Å². The summed E-state index contributed by atoms with van der Waals surface area (Å²) in [7, 11) is 0. The molecular weight excluding hydrogens is 316 g/mol. The summed E-state index contributed by atoms with van der Waals surface area (Å²) in [4.78, 5) is 12.9. The zero-order valence-electron chi connectivity index (χ0n) is 12.9. The van der Waals surface area contributed by atoms with Gasteiger partial charge in [0.2, 0.25) is 0 Å². The van der Waals surface area contributed by atoms with Crippen LogP contribution in [-0.2, 0) is 4.79 Å². The van der Waals surface area contributed by atoms with Crippen LogP contribution in [0.4, 0.5) is 0 Å². The van der Waals surface area contributed by atoms with Crippen molar-refractivity contribution in [3.8, 4) is 11.1 Å². The molecule has 0 radical (unpaired) electrons. The van der Waals surface area contributed by atoms with Gasteiger partial charge in [-0.3, -0.25) is 4.79 Å². The van der Waals surface area contributed by atoms with Gasteiger partial charge < -0.3 is 0 Å². The Balaban J connectivity index is 1.71. The van der Waals surface area contributed by atoms with Gasteiger partial charge in [-0.25, -0.2) is 0 Å². The molecule has 3 aromatic rings. The van der Waals surface area contributed by atoms with Crippen molar-refractivity contribution in [3.05, 3.63) is 101 Å². The summed E-state index contributed by atoms with van der Waals surface area (Å²) < 4.78 is 0. The molecule has 0 heterocycles. The smallest absolute Gasteiger partial charge is 0.167 e. The minimum absolute atomic E-state index is 0.0994. The summed E-state index contributed by atoms with van der Waals surface area (Å²) in [6.07, 6.45) is 3.52. The number of carbonyl (C=O) groups excluding carboxylic acids is 1. The fraction of sp³-hybridized carbons (Fsp3) is 0.0455. The number of fused-ring (bicyclic) bond motifs is 3. The number of benzene rings is 3. The molecule has 1 nitrogen and oxygen atoms in total.